The standard InChI is InChI=1S/C28H32N8O5.C23H24N8O3.C18H24ClN5O4.C10H9N3O.3CH4/c1-28(2,3)41-27(39)34(4)23-15-21(31-19-9-8-14-35(26(19)38)22-10-6-7-13-29-22)33-24-17(16-30-36(23)24)25(37)32-18-11-12-20(18)40-5;1-24-20-12-18(27-16-6-5-11-30(23(16)33)19-7-3-4-10-25-19)29-21-14(13-26-31(20)21)22(32)28-15-8-9-17(15)34-2;1-18(2,3)28-17(26)23(4)14-8-13(19)22-15-10(9-20-24(14)15)16(25)21-11-6-7-12(11)27-5;11-8-4-3-7-13(10(8)14)9-5-1-2-6-12-9;;;/h6-10,13-16,18,20H,11-12H2,1-5H3,(H,31,33)(H,32,37);3-7,10-13,15,17,24H,8-9H2,1-2H3,(H,27,29)(H,28,32);8-9,11-12H,6-7H2,1-5H3,(H,21,25);1-7H,11H2;3*1H4/t18?,20-;15?,17-;11?,12-;;;;/m111..../s1. The summed E-state index contributed by atoms with van der Waals surface area (Å²) in [5.41, 5.74) is 5.56. The van der Waals surface area contributed by atoms with Gasteiger partial charge in [-0.25, -0.2) is 39.5 Å². The van der Waals surface area contributed by atoms with Crippen LogP contribution in [0.4, 0.5) is 55.7 Å². The topological polar surface area (TPSA) is 431 Å². The number of amides is 5. The number of rotatable bonds is 19. The molecule has 0 bridgehead atoms. The van der Waals surface area contributed by atoms with Crippen LogP contribution in [0.3, 0.4) is 0 Å². The van der Waals surface area contributed by atoms with Crippen LogP contribution in [-0.2, 0) is 23.7 Å². The molecule has 12 heterocycles. The number of carbonyl (C=O) groups is 5. The third kappa shape index (κ3) is 20.7. The van der Waals surface area contributed by atoms with Crippen molar-refractivity contribution in [3.05, 3.63) is 218 Å². The molecular formula is C82H101ClN24O13. The predicted octanol–water partition coefficient (Wildman–Crippen LogP) is 10.6. The highest BCUT2D eigenvalue weighted by molar-refractivity contribution is 6.30. The molecule has 3 unspecified atom stereocenters. The number of carbonyl (C=O) groups excluding carboxylic acids is 5. The van der Waals surface area contributed by atoms with Crippen molar-refractivity contribution in [2.45, 2.75) is 150 Å². The normalized spacial score (nSPS) is 16.2. The van der Waals surface area contributed by atoms with Crippen LogP contribution in [0.1, 0.15) is 133 Å². The molecule has 634 valence electrons. The summed E-state index contributed by atoms with van der Waals surface area (Å²) in [5, 5.41) is 31.1. The molecule has 37 nitrogen and oxygen atoms in total. The van der Waals surface area contributed by atoms with Gasteiger partial charge in [-0.05, 0) is 153 Å². The van der Waals surface area contributed by atoms with Crippen molar-refractivity contribution in [2.75, 3.05) is 74.0 Å². The second-order valence-electron chi connectivity index (χ2n) is 29.1. The van der Waals surface area contributed by atoms with Crippen LogP contribution in [0, 0.1) is 0 Å². The number of hydrogen-bond donors (Lipinski definition) is 7. The highest BCUT2D eigenvalue weighted by atomic mass is 35.5. The van der Waals surface area contributed by atoms with Crippen LogP contribution < -0.4 is 64.1 Å². The van der Waals surface area contributed by atoms with Crippen molar-refractivity contribution in [2.24, 2.45) is 0 Å². The maximum Gasteiger partial charge on any atom is 0.415 e. The molecule has 120 heavy (non-hydrogen) atoms. The zero-order chi connectivity index (χ0) is 83.6. The Morgan fingerprint density at radius 3 is 1.19 bits per heavy atom. The Hall–Kier alpha value is -13.5. The first kappa shape index (κ1) is 90.4. The number of ether oxygens (including phenoxy) is 5. The van der Waals surface area contributed by atoms with Crippen LogP contribution in [-0.4, -0.2) is 192 Å². The third-order valence-corrected chi connectivity index (χ3v) is 19.1. The SMILES string of the molecule is C.C.C.CNc1cc(Nc2cccn(-c3ccccn3)c2=O)nc2c(C(=O)NC3CC[C@H]3OC)cnn12.CO[C@@H]1CCC1NC(=O)c1cnn2c(N(C)C(=O)OC(C)(C)C)cc(Cl)nc12.CO[C@@H]1CCC1NC(=O)c1cnn2c(N(C)C(=O)OC(C)(C)C)cc(Nc3cccn(-c4ccccn4)c3=O)nc12.Nc1cccn(-c2ccccn2)c1=O. The molecule has 3 aliphatic rings. The molecule has 0 aliphatic heterocycles. The molecule has 0 saturated heterocycles. The number of anilines is 8. The summed E-state index contributed by atoms with van der Waals surface area (Å²) in [6.45, 7) is 10.6. The molecule has 0 spiro atoms. The van der Waals surface area contributed by atoms with Gasteiger partial charge < -0.3 is 61.3 Å². The Kier molecular flexibility index (Phi) is 29.5. The maximum absolute atomic E-state index is 13.3. The smallest absolute Gasteiger partial charge is 0.415 e. The Morgan fingerprint density at radius 2 is 0.833 bits per heavy atom. The zero-order valence-electron chi connectivity index (χ0n) is 66.2. The van der Waals surface area contributed by atoms with Crippen molar-refractivity contribution in [1.82, 2.24) is 88.4 Å². The van der Waals surface area contributed by atoms with Crippen molar-refractivity contribution in [3.63, 3.8) is 0 Å². The minimum atomic E-state index is -0.741. The first-order valence-electron chi connectivity index (χ1n) is 37.2. The van der Waals surface area contributed by atoms with Gasteiger partial charge in [-0.2, -0.15) is 28.8 Å². The van der Waals surface area contributed by atoms with E-state index in [1.807, 2.05) is 12.1 Å². The molecule has 15 rings (SSSR count). The van der Waals surface area contributed by atoms with E-state index in [9.17, 15) is 38.4 Å². The molecule has 3 aliphatic carbocycles. The van der Waals surface area contributed by atoms with E-state index in [1.165, 1.54) is 71.3 Å². The quantitative estimate of drug-likeness (QED) is 0.0370. The molecule has 12 aromatic rings. The highest BCUT2D eigenvalue weighted by Crippen LogP contribution is 2.31. The van der Waals surface area contributed by atoms with E-state index >= 15 is 0 Å². The Balaban J connectivity index is 0.000000189. The van der Waals surface area contributed by atoms with Gasteiger partial charge in [0.25, 0.3) is 34.4 Å². The van der Waals surface area contributed by atoms with Crippen molar-refractivity contribution in [3.8, 4) is 17.5 Å². The molecule has 12 aromatic heterocycles. The minimum Gasteiger partial charge on any atom is -0.443 e. The van der Waals surface area contributed by atoms with Gasteiger partial charge >= 0.3 is 12.2 Å². The number of nitrogens with zero attached hydrogens (tertiary/aromatic N) is 17. The maximum atomic E-state index is 13.3. The van der Waals surface area contributed by atoms with Crippen molar-refractivity contribution < 1.29 is 47.7 Å². The second-order valence-corrected chi connectivity index (χ2v) is 29.5. The Labute approximate surface area is 696 Å². The summed E-state index contributed by atoms with van der Waals surface area (Å²) in [6, 6.07) is 30.5. The molecule has 8 N–H and O–H groups in total. The van der Waals surface area contributed by atoms with E-state index < -0.39 is 23.4 Å². The number of pyridine rings is 6. The average molecular weight is 1670 g/mol. The summed E-state index contributed by atoms with van der Waals surface area (Å²) in [6.07, 6.45) is 18.0. The first-order valence-corrected chi connectivity index (χ1v) is 37.5. The summed E-state index contributed by atoms with van der Waals surface area (Å²) < 4.78 is 35.6. The van der Waals surface area contributed by atoms with Gasteiger partial charge in [-0.1, -0.05) is 52.1 Å². The number of nitrogens with one attached hydrogen (secondary N) is 6. The van der Waals surface area contributed by atoms with Crippen molar-refractivity contribution in [1.29, 1.82) is 0 Å². The number of methoxy groups -OCH3 is 3. The lowest BCUT2D eigenvalue weighted by atomic mass is 9.89. The molecule has 3 saturated carbocycles. The van der Waals surface area contributed by atoms with E-state index in [0.717, 1.165) is 38.5 Å². The zero-order valence-corrected chi connectivity index (χ0v) is 66.9. The number of fused-ring (bicyclic) bond motifs is 3. The summed E-state index contributed by atoms with van der Waals surface area (Å²) in [4.78, 5) is 131. The molecule has 3 fully saturated rings. The summed E-state index contributed by atoms with van der Waals surface area (Å²) in [7, 11) is 9.69. The van der Waals surface area contributed by atoms with Gasteiger partial charge in [-0.3, -0.25) is 52.3 Å². The lowest BCUT2D eigenvalue weighted by molar-refractivity contribution is 0.00731. The van der Waals surface area contributed by atoms with Gasteiger partial charge in [0.15, 0.2) is 16.9 Å². The number of aromatic nitrogens is 15. The van der Waals surface area contributed by atoms with Crippen LogP contribution in [0.5, 0.6) is 0 Å². The fraction of sp³-hybridized carbons (Fsp3) is 0.354. The van der Waals surface area contributed by atoms with E-state index in [0.29, 0.717) is 51.8 Å². The second kappa shape index (κ2) is 39.2. The molecule has 0 aromatic carbocycles. The van der Waals surface area contributed by atoms with Crippen LogP contribution in [0.15, 0.2) is 179 Å². The van der Waals surface area contributed by atoms with Gasteiger partial charge in [0, 0.05) is 97.9 Å². The number of nitrogen functional groups attached to an aromatic ring is 1. The fourth-order valence-corrected chi connectivity index (χ4v) is 12.6. The van der Waals surface area contributed by atoms with E-state index in [2.05, 4.69) is 77.1 Å². The van der Waals surface area contributed by atoms with Gasteiger partial charge in [0.05, 0.1) is 60.7 Å². The number of nitrogens with two attached hydrogens (primary N) is 1. The lowest BCUT2D eigenvalue weighted by Gasteiger charge is -2.35. The lowest BCUT2D eigenvalue weighted by Crippen LogP contribution is -2.51. The fourth-order valence-electron chi connectivity index (χ4n) is 12.4. The van der Waals surface area contributed by atoms with Crippen molar-refractivity contribution >= 4 is 105 Å². The minimum absolute atomic E-state index is 0. The number of halogens is 1. The van der Waals surface area contributed by atoms with Crippen LogP contribution >= 0.6 is 11.6 Å². The Morgan fingerprint density at radius 1 is 0.475 bits per heavy atom. The molecule has 38 heteroatoms. The first-order chi connectivity index (χ1) is 56.0. The summed E-state index contributed by atoms with van der Waals surface area (Å²) >= 11 is 6.15. The molecule has 5 amide bonds. The van der Waals surface area contributed by atoms with Gasteiger partial charge in [-0.15, -0.1) is 0 Å². The van der Waals surface area contributed by atoms with E-state index in [-0.39, 0.29) is 144 Å². The monoisotopic (exact) mass is 1660 g/mol. The van der Waals surface area contributed by atoms with Gasteiger partial charge in [0.2, 0.25) is 0 Å². The molecule has 6 atom stereocenters. The number of hydrogen-bond acceptors (Lipinski definition) is 26. The van der Waals surface area contributed by atoms with E-state index in [1.54, 1.807) is 203 Å². The van der Waals surface area contributed by atoms with Crippen LogP contribution in [0.25, 0.3) is 34.4 Å². The summed E-state index contributed by atoms with van der Waals surface area (Å²) in [5.74, 6) is 2.38. The molecule has 0 radical (unpaired) electrons. The third-order valence-electron chi connectivity index (χ3n) is 18.9. The highest BCUT2D eigenvalue weighted by Gasteiger charge is 2.37. The average Bonchev–Trinajstić information content (AvgIpc) is 1.61. The molecular weight excluding hydrogens is 1560 g/mol. The van der Waals surface area contributed by atoms with E-state index in [4.69, 9.17) is 41.0 Å². The Bertz CT molecular complexity index is 5780. The largest absolute Gasteiger partial charge is 0.443 e. The predicted molar refractivity (Wildman–Crippen MR) is 457 cm³/mol. The van der Waals surface area contributed by atoms with Crippen LogP contribution in [0.2, 0.25) is 5.15 Å². The van der Waals surface area contributed by atoms with Gasteiger partial charge in [0.1, 0.15) is 91.0 Å².